The van der Waals surface area contributed by atoms with Crippen LogP contribution in [0.4, 0.5) is 0 Å². The zero-order chi connectivity index (χ0) is 16.7. The summed E-state index contributed by atoms with van der Waals surface area (Å²) in [6.07, 6.45) is 19.2. The maximum absolute atomic E-state index is 8.64. The molecule has 0 radical (unpaired) electrons. The van der Waals surface area contributed by atoms with Crippen LogP contribution in [0.5, 0.6) is 0 Å². The van der Waals surface area contributed by atoms with Crippen molar-refractivity contribution in [2.45, 2.75) is 96.8 Å². The van der Waals surface area contributed by atoms with Gasteiger partial charge in [0.1, 0.15) is 6.61 Å². The van der Waals surface area contributed by atoms with Gasteiger partial charge in [0.2, 0.25) is 0 Å². The average molecular weight is 321 g/mol. The van der Waals surface area contributed by atoms with Crippen molar-refractivity contribution in [2.24, 2.45) is 0 Å². The Bertz CT molecular complexity index is 149. The van der Waals surface area contributed by atoms with Crippen molar-refractivity contribution < 1.29 is 20.4 Å². The van der Waals surface area contributed by atoms with E-state index in [1.54, 1.807) is 0 Å². The third kappa shape index (κ3) is 28.1. The molecule has 0 aliphatic heterocycles. The molecule has 0 unspecified atom stereocenters. The third-order valence-electron chi connectivity index (χ3n) is 3.69. The molecule has 0 bridgehead atoms. The van der Waals surface area contributed by atoms with Gasteiger partial charge in [-0.1, -0.05) is 90.4 Å². The Kier molecular flexibility index (Phi) is 28.2. The molecular weight excluding hydrogens is 280 g/mol. The highest BCUT2D eigenvalue weighted by molar-refractivity contribution is 4.48. The molecule has 0 heterocycles. The summed E-state index contributed by atoms with van der Waals surface area (Å²) in [5, 5.41) is 23.8. The molecule has 0 aliphatic rings. The molecular formula is C18H40O4. The SMILES string of the molecule is CCCCCCCCCCCCCCCCO.OCCOO. The van der Waals surface area contributed by atoms with Gasteiger partial charge in [-0.25, -0.2) is 4.89 Å². The Hall–Kier alpha value is -0.160. The van der Waals surface area contributed by atoms with Gasteiger partial charge in [0.05, 0.1) is 6.61 Å². The first-order valence-corrected chi connectivity index (χ1v) is 9.31. The second kappa shape index (κ2) is 25.8. The highest BCUT2D eigenvalue weighted by Crippen LogP contribution is 2.12. The molecule has 0 saturated carbocycles. The number of rotatable bonds is 16. The number of hydrogen-bond acceptors (Lipinski definition) is 4. The largest absolute Gasteiger partial charge is 0.396 e. The summed E-state index contributed by atoms with van der Waals surface area (Å²) in [5.41, 5.74) is 0. The Morgan fingerprint density at radius 3 is 1.14 bits per heavy atom. The number of aliphatic hydroxyl groups is 2. The predicted molar refractivity (Wildman–Crippen MR) is 93.1 cm³/mol. The summed E-state index contributed by atoms with van der Waals surface area (Å²) in [6, 6.07) is 0. The van der Waals surface area contributed by atoms with Crippen LogP contribution in [0.2, 0.25) is 0 Å². The first-order valence-electron chi connectivity index (χ1n) is 9.31. The Balaban J connectivity index is 0. The van der Waals surface area contributed by atoms with Gasteiger partial charge in [0.25, 0.3) is 0 Å². The molecule has 22 heavy (non-hydrogen) atoms. The van der Waals surface area contributed by atoms with Gasteiger partial charge in [-0.3, -0.25) is 5.26 Å². The maximum Gasteiger partial charge on any atom is 0.105 e. The molecule has 0 rings (SSSR count). The average Bonchev–Trinajstić information content (AvgIpc) is 2.53. The van der Waals surface area contributed by atoms with Crippen LogP contribution in [0.25, 0.3) is 0 Å². The van der Waals surface area contributed by atoms with E-state index < -0.39 is 0 Å². The fourth-order valence-electron chi connectivity index (χ4n) is 2.35. The van der Waals surface area contributed by atoms with E-state index in [1.807, 2.05) is 0 Å². The molecule has 4 nitrogen and oxygen atoms in total. The predicted octanol–water partition coefficient (Wildman–Crippen LogP) is 4.93. The monoisotopic (exact) mass is 320 g/mol. The summed E-state index contributed by atoms with van der Waals surface area (Å²) >= 11 is 0. The quantitative estimate of drug-likeness (QED) is 0.214. The fourth-order valence-corrected chi connectivity index (χ4v) is 2.35. The molecule has 0 aromatic rings. The Labute approximate surface area is 137 Å². The summed E-state index contributed by atoms with van der Waals surface area (Å²) in [6.45, 7) is 2.52. The lowest BCUT2D eigenvalue weighted by Crippen LogP contribution is -1.92. The van der Waals surface area contributed by atoms with Crippen molar-refractivity contribution in [2.75, 3.05) is 19.8 Å². The molecule has 0 saturated heterocycles. The number of aliphatic hydroxyl groups excluding tert-OH is 2. The lowest BCUT2D eigenvalue weighted by atomic mass is 10.0. The third-order valence-corrected chi connectivity index (χ3v) is 3.69. The number of hydrogen-bond donors (Lipinski definition) is 3. The zero-order valence-electron chi connectivity index (χ0n) is 14.8. The van der Waals surface area contributed by atoms with Crippen LogP contribution in [0.15, 0.2) is 0 Å². The van der Waals surface area contributed by atoms with Crippen LogP contribution >= 0.6 is 0 Å². The van der Waals surface area contributed by atoms with Crippen LogP contribution in [0.1, 0.15) is 96.8 Å². The summed E-state index contributed by atoms with van der Waals surface area (Å²) in [5.74, 6) is 0. The van der Waals surface area contributed by atoms with Crippen molar-refractivity contribution in [3.8, 4) is 0 Å². The minimum Gasteiger partial charge on any atom is -0.396 e. The first kappa shape index (κ1) is 24.1. The standard InChI is InChI=1S/C16H34O.C2H6O3/c1-2-3-4-5-6-7-8-9-10-11-12-13-14-15-16-17;3-1-2-5-4/h17H,2-16H2,1H3;3-4H,1-2H2. The minimum atomic E-state index is -0.128. The molecule has 0 aromatic heterocycles. The van der Waals surface area contributed by atoms with E-state index in [2.05, 4.69) is 11.8 Å². The van der Waals surface area contributed by atoms with Gasteiger partial charge in [-0.2, -0.15) is 0 Å². The van der Waals surface area contributed by atoms with Crippen LogP contribution in [0, 0.1) is 0 Å². The van der Waals surface area contributed by atoms with E-state index in [-0.39, 0.29) is 13.2 Å². The van der Waals surface area contributed by atoms with Gasteiger partial charge in [-0.15, -0.1) is 0 Å². The molecule has 0 aromatic carbocycles. The van der Waals surface area contributed by atoms with Gasteiger partial charge in [-0.05, 0) is 6.42 Å². The van der Waals surface area contributed by atoms with Gasteiger partial charge in [0, 0.05) is 6.61 Å². The van der Waals surface area contributed by atoms with E-state index in [4.69, 9.17) is 15.5 Å². The second-order valence-corrected chi connectivity index (χ2v) is 5.88. The highest BCUT2D eigenvalue weighted by atomic mass is 17.1. The fraction of sp³-hybridized carbons (Fsp3) is 1.00. The van der Waals surface area contributed by atoms with Gasteiger partial charge >= 0.3 is 0 Å². The van der Waals surface area contributed by atoms with Crippen molar-refractivity contribution in [1.29, 1.82) is 0 Å². The van der Waals surface area contributed by atoms with E-state index >= 15 is 0 Å². The van der Waals surface area contributed by atoms with Crippen LogP contribution in [0.3, 0.4) is 0 Å². The number of unbranched alkanes of at least 4 members (excludes halogenated alkanes) is 13. The molecule has 3 N–H and O–H groups in total. The molecule has 4 heteroatoms. The molecule has 136 valence electrons. The van der Waals surface area contributed by atoms with Gasteiger partial charge < -0.3 is 10.2 Å². The maximum atomic E-state index is 8.64. The van der Waals surface area contributed by atoms with Crippen LogP contribution in [-0.4, -0.2) is 35.3 Å². The van der Waals surface area contributed by atoms with Crippen molar-refractivity contribution in [3.05, 3.63) is 0 Å². The van der Waals surface area contributed by atoms with Crippen LogP contribution in [-0.2, 0) is 4.89 Å². The second-order valence-electron chi connectivity index (χ2n) is 5.88. The topological polar surface area (TPSA) is 69.9 Å². The first-order chi connectivity index (χ1) is 10.8. The van der Waals surface area contributed by atoms with E-state index in [0.717, 1.165) is 6.42 Å². The molecule has 0 amide bonds. The minimum absolute atomic E-state index is 0. The molecule has 0 aliphatic carbocycles. The van der Waals surface area contributed by atoms with E-state index in [1.165, 1.54) is 83.5 Å². The lowest BCUT2D eigenvalue weighted by molar-refractivity contribution is -0.246. The smallest absolute Gasteiger partial charge is 0.105 e. The zero-order valence-corrected chi connectivity index (χ0v) is 14.8. The van der Waals surface area contributed by atoms with Gasteiger partial charge in [0.15, 0.2) is 0 Å². The summed E-state index contributed by atoms with van der Waals surface area (Å²) in [7, 11) is 0. The molecule has 0 atom stereocenters. The lowest BCUT2D eigenvalue weighted by Gasteiger charge is -2.02. The molecule has 0 spiro atoms. The van der Waals surface area contributed by atoms with E-state index in [0.29, 0.717) is 6.61 Å². The van der Waals surface area contributed by atoms with Crippen molar-refractivity contribution in [3.63, 3.8) is 0 Å². The van der Waals surface area contributed by atoms with E-state index in [9.17, 15) is 0 Å². The Morgan fingerprint density at radius 1 is 0.545 bits per heavy atom. The highest BCUT2D eigenvalue weighted by Gasteiger charge is 1.93. The summed E-state index contributed by atoms with van der Waals surface area (Å²) in [4.78, 5) is 3.44. The van der Waals surface area contributed by atoms with Crippen LogP contribution < -0.4 is 0 Å². The molecule has 0 fully saturated rings. The Morgan fingerprint density at radius 2 is 0.909 bits per heavy atom. The summed E-state index contributed by atoms with van der Waals surface area (Å²) < 4.78 is 0. The normalized spacial score (nSPS) is 10.4. The van der Waals surface area contributed by atoms with Crippen molar-refractivity contribution >= 4 is 0 Å². The van der Waals surface area contributed by atoms with Crippen molar-refractivity contribution in [1.82, 2.24) is 0 Å².